The van der Waals surface area contributed by atoms with E-state index in [0.29, 0.717) is 88.3 Å². The number of aliphatic hydroxyl groups excluding tert-OH is 2. The maximum atomic E-state index is 12.5. The van der Waals surface area contributed by atoms with Gasteiger partial charge in [0, 0.05) is 43.1 Å². The van der Waals surface area contributed by atoms with Gasteiger partial charge in [0.25, 0.3) is 0 Å². The van der Waals surface area contributed by atoms with Crippen molar-refractivity contribution in [3.8, 4) is 0 Å². The van der Waals surface area contributed by atoms with Gasteiger partial charge < -0.3 is 20.8 Å². The molecule has 0 bridgehead atoms. The van der Waals surface area contributed by atoms with E-state index in [1.807, 2.05) is 0 Å². The third-order valence-electron chi connectivity index (χ3n) is 16.8. The molecule has 8 aliphatic rings. The molecule has 0 heterocycles. The van der Waals surface area contributed by atoms with Gasteiger partial charge in [-0.1, -0.05) is 40.3 Å². The Morgan fingerprint density at radius 3 is 1.64 bits per heavy atom. The van der Waals surface area contributed by atoms with Crippen LogP contribution in [0.3, 0.4) is 0 Å². The van der Waals surface area contributed by atoms with Crippen LogP contribution in [0.1, 0.15) is 138 Å². The fourth-order valence-corrected chi connectivity index (χ4v) is 14.0. The van der Waals surface area contributed by atoms with E-state index in [-0.39, 0.29) is 65.5 Å². The molecule has 0 aromatic carbocycles. The summed E-state index contributed by atoms with van der Waals surface area (Å²) in [5.74, 6) is 4.82. The molecule has 8 rings (SSSR count). The zero-order valence-electron chi connectivity index (χ0n) is 31.7. The monoisotopic (exact) mass is 1020 g/mol. The Bertz CT molecular complexity index is 1380. The van der Waals surface area contributed by atoms with Gasteiger partial charge in [-0.2, -0.15) is 0 Å². The zero-order valence-corrected chi connectivity index (χ0v) is 38.2. The molecule has 6 unspecified atom stereocenters. The molecule has 12 heteroatoms. The van der Waals surface area contributed by atoms with Gasteiger partial charge in [-0.15, -0.1) is 12.4 Å². The van der Waals surface area contributed by atoms with Gasteiger partial charge in [0.15, 0.2) is 0 Å². The van der Waals surface area contributed by atoms with Gasteiger partial charge in [-0.3, -0.25) is 14.4 Å². The standard InChI is InChI=1S/C21H34N2O3.C19H28O3.CH4.ClH.2HI.V/c1-20-7-5-13(23-26-10-9-22)11-17(20)18(24)12-14-15-3-4-19(25)21(15,2)8-6-16(14)20;1-18-7-5-11(20)9-15(18)16(21)10-12-13-3-4-17(22)19(13,2)8-6-14(12)18;;;;;/h14-18,24H,3-12,22H2,1-2H3;12-16,21H,3-10H2,1-2H3;1H4;3*1H;/q;;;;;;+2/p-2/t14?,15?,16?,17-,18-,20-,21+;12?,13?,14?,15-,16-,18-,19+;;;;;/m11...../s1. The van der Waals surface area contributed by atoms with Gasteiger partial charge in [0.05, 0.1) is 17.9 Å². The van der Waals surface area contributed by atoms with E-state index in [9.17, 15) is 24.6 Å². The average Bonchev–Trinajstić information content (AvgIpc) is 3.57. The third-order valence-corrected chi connectivity index (χ3v) is 16.8. The number of oxime groups is 1. The summed E-state index contributed by atoms with van der Waals surface area (Å²) in [5.41, 5.74) is 6.55. The quantitative estimate of drug-likeness (QED) is 0.146. The molecular formula is C41H67ClI2N2O6V. The predicted octanol–water partition coefficient (Wildman–Crippen LogP) is 8.87. The van der Waals surface area contributed by atoms with Crippen LogP contribution >= 0.6 is 52.4 Å². The van der Waals surface area contributed by atoms with Crippen LogP contribution in [0.5, 0.6) is 0 Å². The Balaban J connectivity index is 0.000000215. The van der Waals surface area contributed by atoms with E-state index in [4.69, 9.17) is 10.6 Å². The van der Waals surface area contributed by atoms with E-state index in [1.54, 1.807) is 0 Å². The summed E-state index contributed by atoms with van der Waals surface area (Å²) < 4.78 is 0. The number of hydrogen-bond acceptors (Lipinski definition) is 8. The number of Topliss-reactive ketones (excluding diaryl/α,β-unsaturated/α-hetero) is 3. The van der Waals surface area contributed by atoms with Crippen LogP contribution in [-0.4, -0.2) is 58.6 Å². The number of fused-ring (bicyclic) bond motifs is 10. The topological polar surface area (TPSA) is 139 Å². The van der Waals surface area contributed by atoms with Crippen molar-refractivity contribution in [2.24, 2.45) is 79.9 Å². The fourth-order valence-electron chi connectivity index (χ4n) is 14.0. The Labute approximate surface area is 354 Å². The van der Waals surface area contributed by atoms with E-state index in [2.05, 4.69) is 72.8 Å². The van der Waals surface area contributed by atoms with E-state index < -0.39 is 0 Å². The fraction of sp³-hybridized carbons (Fsp3) is 0.902. The minimum atomic E-state index is -0.353. The predicted molar refractivity (Wildman–Crippen MR) is 226 cm³/mol. The summed E-state index contributed by atoms with van der Waals surface area (Å²) >= 11 is 4.74. The molecular weight excluding hydrogens is 957 g/mol. The van der Waals surface area contributed by atoms with Crippen molar-refractivity contribution in [1.29, 1.82) is 0 Å². The molecule has 0 spiro atoms. The average molecular weight is 1020 g/mol. The van der Waals surface area contributed by atoms with Crippen LogP contribution in [0.15, 0.2) is 5.16 Å². The Kier molecular flexibility index (Phi) is 16.0. The summed E-state index contributed by atoms with van der Waals surface area (Å²) in [5, 5.41) is 26.1. The van der Waals surface area contributed by atoms with Crippen molar-refractivity contribution in [2.45, 2.75) is 150 Å². The van der Waals surface area contributed by atoms with Crippen LogP contribution in [0.25, 0.3) is 0 Å². The van der Waals surface area contributed by atoms with Crippen molar-refractivity contribution >= 4 is 75.4 Å². The number of rotatable bonds is 3. The SMILES string of the molecule is C.C[C@]12CCC3C(C[C@@H](O)[C@H]4CC(=NOCCN)CC[C@]34C)C1CCC2=O.C[C@]12CCC3C(C[C@@H](O)[C@H]4CC(=O)CC[C@]34C)C1CCC2=O.Cl.[I][V][I]. The van der Waals surface area contributed by atoms with Gasteiger partial charge in [0.2, 0.25) is 0 Å². The number of halogens is 3. The van der Waals surface area contributed by atoms with Crippen LogP contribution in [0.2, 0.25) is 0 Å². The summed E-state index contributed by atoms with van der Waals surface area (Å²) in [7, 11) is 0.628. The summed E-state index contributed by atoms with van der Waals surface area (Å²) in [4.78, 5) is 42.1. The number of carbonyl (C=O) groups excluding carboxylic acids is 3. The second kappa shape index (κ2) is 18.3. The normalized spacial score (nSPS) is 47.2. The molecule has 303 valence electrons. The van der Waals surface area contributed by atoms with Gasteiger partial charge in [0.1, 0.15) is 24.0 Å². The van der Waals surface area contributed by atoms with Crippen molar-refractivity contribution in [3.63, 3.8) is 0 Å². The van der Waals surface area contributed by atoms with Crippen LogP contribution in [0.4, 0.5) is 0 Å². The van der Waals surface area contributed by atoms with E-state index in [0.717, 1.165) is 95.6 Å². The first-order valence-corrected chi connectivity index (χ1v) is 28.9. The molecule has 0 saturated heterocycles. The summed E-state index contributed by atoms with van der Waals surface area (Å²) in [6.07, 6.45) is 13.9. The minimum absolute atomic E-state index is 0. The summed E-state index contributed by atoms with van der Waals surface area (Å²) in [6, 6.07) is 0. The van der Waals surface area contributed by atoms with Gasteiger partial charge in [-0.05, 0) is 135 Å². The Morgan fingerprint density at radius 2 is 1.17 bits per heavy atom. The first kappa shape index (κ1) is 46.4. The van der Waals surface area contributed by atoms with E-state index >= 15 is 0 Å². The van der Waals surface area contributed by atoms with Gasteiger partial charge >= 0.3 is 49.4 Å². The second-order valence-electron chi connectivity index (χ2n) is 18.7. The molecule has 8 aliphatic carbocycles. The molecule has 0 aromatic rings. The molecule has 0 aliphatic heterocycles. The number of ketones is 3. The number of nitrogens with zero attached hydrogens (tertiary/aromatic N) is 1. The molecule has 14 atom stereocenters. The van der Waals surface area contributed by atoms with E-state index in [1.165, 1.54) is 0 Å². The number of hydrogen-bond donors (Lipinski definition) is 3. The molecule has 8 nitrogen and oxygen atoms in total. The van der Waals surface area contributed by atoms with Crippen molar-refractivity contribution in [2.75, 3.05) is 13.2 Å². The molecule has 0 amide bonds. The number of aliphatic hydroxyl groups is 2. The number of carbonyl (C=O) groups is 3. The Morgan fingerprint density at radius 1 is 0.717 bits per heavy atom. The molecule has 8 saturated carbocycles. The first-order chi connectivity index (χ1) is 24.2. The van der Waals surface area contributed by atoms with Gasteiger partial charge in [-0.25, -0.2) is 0 Å². The third kappa shape index (κ3) is 8.31. The molecule has 0 radical (unpaired) electrons. The summed E-state index contributed by atoms with van der Waals surface area (Å²) in [6.45, 7) is 10.0. The van der Waals surface area contributed by atoms with Crippen LogP contribution in [0, 0.1) is 69.0 Å². The van der Waals surface area contributed by atoms with Crippen molar-refractivity contribution in [1.82, 2.24) is 0 Å². The first-order valence-electron chi connectivity index (χ1n) is 19.9. The molecule has 4 N–H and O–H groups in total. The zero-order chi connectivity index (χ0) is 36.9. The molecule has 53 heavy (non-hydrogen) atoms. The number of nitrogens with two attached hydrogens (primary N) is 1. The Hall–Kier alpha value is 0.694. The van der Waals surface area contributed by atoms with Crippen LogP contribution < -0.4 is 5.73 Å². The van der Waals surface area contributed by atoms with Crippen molar-refractivity contribution < 1.29 is 38.9 Å². The maximum absolute atomic E-state index is 12.5. The van der Waals surface area contributed by atoms with Crippen molar-refractivity contribution in [3.05, 3.63) is 0 Å². The second-order valence-corrected chi connectivity index (χ2v) is 30.5. The molecule has 8 fully saturated rings. The van der Waals surface area contributed by atoms with Crippen LogP contribution in [-0.2, 0) is 28.7 Å². The molecule has 0 aromatic heterocycles.